The van der Waals surface area contributed by atoms with E-state index in [1.165, 1.54) is 38.5 Å². The lowest BCUT2D eigenvalue weighted by atomic mass is 9.91. The van der Waals surface area contributed by atoms with E-state index < -0.39 is 0 Å². The molecule has 0 aromatic rings. The number of carbonyl (C=O) groups is 1. The summed E-state index contributed by atoms with van der Waals surface area (Å²) in [5, 5.41) is 3.32. The van der Waals surface area contributed by atoms with E-state index in [0.29, 0.717) is 5.92 Å². The van der Waals surface area contributed by atoms with E-state index in [9.17, 15) is 4.79 Å². The molecule has 2 unspecified atom stereocenters. The molecule has 0 saturated carbocycles. The van der Waals surface area contributed by atoms with Crippen LogP contribution in [0.3, 0.4) is 0 Å². The van der Waals surface area contributed by atoms with E-state index in [4.69, 9.17) is 0 Å². The third-order valence-electron chi connectivity index (χ3n) is 2.96. The van der Waals surface area contributed by atoms with Crippen molar-refractivity contribution in [2.75, 3.05) is 6.54 Å². The first-order valence-corrected chi connectivity index (χ1v) is 5.57. The van der Waals surface area contributed by atoms with Gasteiger partial charge in [0.15, 0.2) is 0 Å². The van der Waals surface area contributed by atoms with E-state index in [2.05, 4.69) is 12.2 Å². The van der Waals surface area contributed by atoms with Gasteiger partial charge in [0, 0.05) is 0 Å². The Morgan fingerprint density at radius 3 is 3.00 bits per heavy atom. The lowest BCUT2D eigenvalue weighted by Crippen LogP contribution is -2.36. The van der Waals surface area contributed by atoms with Gasteiger partial charge in [0.05, 0.1) is 6.04 Å². The number of carbonyl (C=O) groups excluding carboxylic acids is 1. The third-order valence-corrected chi connectivity index (χ3v) is 2.96. The number of nitrogens with one attached hydrogen (secondary N) is 1. The van der Waals surface area contributed by atoms with Crippen molar-refractivity contribution in [2.24, 2.45) is 5.92 Å². The second kappa shape index (κ2) is 6.14. The van der Waals surface area contributed by atoms with E-state index >= 15 is 0 Å². The van der Waals surface area contributed by atoms with Gasteiger partial charge in [-0.1, -0.05) is 26.2 Å². The molecule has 0 spiro atoms. The first-order valence-electron chi connectivity index (χ1n) is 5.57. The van der Waals surface area contributed by atoms with Gasteiger partial charge < -0.3 is 10.1 Å². The maximum atomic E-state index is 10.8. The molecule has 2 atom stereocenters. The zero-order valence-corrected chi connectivity index (χ0v) is 8.59. The molecular formula is C11H21NO. The van der Waals surface area contributed by atoms with Crippen LogP contribution in [0.1, 0.15) is 45.4 Å². The van der Waals surface area contributed by atoms with Crippen LogP contribution in [0.2, 0.25) is 0 Å². The molecule has 0 aromatic heterocycles. The third kappa shape index (κ3) is 3.47. The summed E-state index contributed by atoms with van der Waals surface area (Å²) in [5.41, 5.74) is 0. The standard InChI is InChI=1S/C11H21NO/c1-2-3-6-10-7-4-5-8-12-11(10)9-13/h9-12H,2-8H2,1H3. The number of unbranched alkanes of at least 4 members (excludes halogenated alkanes) is 1. The van der Waals surface area contributed by atoms with Crippen molar-refractivity contribution in [1.82, 2.24) is 5.32 Å². The quantitative estimate of drug-likeness (QED) is 0.676. The molecule has 76 valence electrons. The van der Waals surface area contributed by atoms with Gasteiger partial charge in [-0.25, -0.2) is 0 Å². The molecule has 0 aromatic carbocycles. The van der Waals surface area contributed by atoms with Crippen LogP contribution in [0, 0.1) is 5.92 Å². The zero-order chi connectivity index (χ0) is 9.52. The summed E-state index contributed by atoms with van der Waals surface area (Å²) in [5.74, 6) is 0.597. The van der Waals surface area contributed by atoms with Crippen LogP contribution < -0.4 is 5.32 Å². The van der Waals surface area contributed by atoms with Crippen LogP contribution in [0.15, 0.2) is 0 Å². The first kappa shape index (κ1) is 10.7. The Kier molecular flexibility index (Phi) is 5.06. The zero-order valence-electron chi connectivity index (χ0n) is 8.59. The van der Waals surface area contributed by atoms with Gasteiger partial charge in [-0.05, 0) is 31.7 Å². The van der Waals surface area contributed by atoms with Crippen LogP contribution in [0.4, 0.5) is 0 Å². The molecule has 0 radical (unpaired) electrons. The minimum atomic E-state index is 0.133. The lowest BCUT2D eigenvalue weighted by Gasteiger charge is -2.20. The van der Waals surface area contributed by atoms with Gasteiger partial charge >= 0.3 is 0 Å². The normalized spacial score (nSPS) is 29.6. The minimum absolute atomic E-state index is 0.133. The topological polar surface area (TPSA) is 29.1 Å². The molecule has 1 fully saturated rings. The number of hydrogen-bond acceptors (Lipinski definition) is 2. The minimum Gasteiger partial charge on any atom is -0.307 e. The molecule has 2 nitrogen and oxygen atoms in total. The summed E-state index contributed by atoms with van der Waals surface area (Å²) in [4.78, 5) is 10.8. The molecule has 0 bridgehead atoms. The summed E-state index contributed by atoms with van der Waals surface area (Å²) in [7, 11) is 0. The second-order valence-corrected chi connectivity index (χ2v) is 4.01. The highest BCUT2D eigenvalue weighted by Crippen LogP contribution is 2.21. The monoisotopic (exact) mass is 183 g/mol. The molecular weight excluding hydrogens is 162 g/mol. The lowest BCUT2D eigenvalue weighted by molar-refractivity contribution is -0.110. The van der Waals surface area contributed by atoms with Crippen LogP contribution >= 0.6 is 0 Å². The highest BCUT2D eigenvalue weighted by Gasteiger charge is 2.21. The number of rotatable bonds is 4. The predicted octanol–water partition coefficient (Wildman–Crippen LogP) is 2.13. The molecule has 1 aliphatic rings. The molecule has 1 saturated heterocycles. The highest BCUT2D eigenvalue weighted by molar-refractivity contribution is 5.58. The van der Waals surface area contributed by atoms with Crippen LogP contribution in [0.5, 0.6) is 0 Å². The Morgan fingerprint density at radius 2 is 2.31 bits per heavy atom. The Balaban J connectivity index is 2.39. The predicted molar refractivity (Wildman–Crippen MR) is 54.7 cm³/mol. The van der Waals surface area contributed by atoms with E-state index in [0.717, 1.165) is 12.8 Å². The highest BCUT2D eigenvalue weighted by atomic mass is 16.1. The van der Waals surface area contributed by atoms with Crippen molar-refractivity contribution < 1.29 is 4.79 Å². The van der Waals surface area contributed by atoms with Crippen LogP contribution in [-0.2, 0) is 4.79 Å². The summed E-state index contributed by atoms with van der Waals surface area (Å²) in [6.07, 6.45) is 8.56. The van der Waals surface area contributed by atoms with Crippen LogP contribution in [0.25, 0.3) is 0 Å². The number of hydrogen-bond donors (Lipinski definition) is 1. The molecule has 1 heterocycles. The van der Waals surface area contributed by atoms with Gasteiger partial charge in [0.25, 0.3) is 0 Å². The van der Waals surface area contributed by atoms with Crippen molar-refractivity contribution in [3.63, 3.8) is 0 Å². The maximum absolute atomic E-state index is 10.8. The average Bonchev–Trinajstić information content (AvgIpc) is 2.39. The molecule has 2 heteroatoms. The van der Waals surface area contributed by atoms with E-state index in [1.54, 1.807) is 0 Å². The summed E-state index contributed by atoms with van der Waals surface area (Å²) in [6, 6.07) is 0.133. The fraction of sp³-hybridized carbons (Fsp3) is 0.909. The fourth-order valence-corrected chi connectivity index (χ4v) is 2.10. The van der Waals surface area contributed by atoms with Crippen LogP contribution in [-0.4, -0.2) is 18.9 Å². The molecule has 0 aliphatic carbocycles. The average molecular weight is 183 g/mol. The molecule has 1 rings (SSSR count). The van der Waals surface area contributed by atoms with Gasteiger partial charge in [-0.15, -0.1) is 0 Å². The Bertz CT molecular complexity index is 147. The van der Waals surface area contributed by atoms with Crippen molar-refractivity contribution in [2.45, 2.75) is 51.5 Å². The fourth-order valence-electron chi connectivity index (χ4n) is 2.10. The van der Waals surface area contributed by atoms with E-state index in [-0.39, 0.29) is 6.04 Å². The molecule has 13 heavy (non-hydrogen) atoms. The Morgan fingerprint density at radius 1 is 1.46 bits per heavy atom. The van der Waals surface area contributed by atoms with Crippen molar-refractivity contribution >= 4 is 6.29 Å². The van der Waals surface area contributed by atoms with Gasteiger partial charge in [-0.3, -0.25) is 0 Å². The summed E-state index contributed by atoms with van der Waals surface area (Å²) < 4.78 is 0. The van der Waals surface area contributed by atoms with Gasteiger partial charge in [-0.2, -0.15) is 0 Å². The van der Waals surface area contributed by atoms with Crippen molar-refractivity contribution in [3.8, 4) is 0 Å². The van der Waals surface area contributed by atoms with Gasteiger partial charge in [0.2, 0.25) is 0 Å². The smallest absolute Gasteiger partial charge is 0.137 e. The Labute approximate surface area is 81.1 Å². The molecule has 0 amide bonds. The summed E-state index contributed by atoms with van der Waals surface area (Å²) in [6.45, 7) is 3.23. The maximum Gasteiger partial charge on any atom is 0.137 e. The molecule has 1 N–H and O–H groups in total. The van der Waals surface area contributed by atoms with E-state index in [1.807, 2.05) is 0 Å². The largest absolute Gasteiger partial charge is 0.307 e. The first-order chi connectivity index (χ1) is 6.38. The van der Waals surface area contributed by atoms with Crippen molar-refractivity contribution in [3.05, 3.63) is 0 Å². The molecule has 1 aliphatic heterocycles. The number of aldehydes is 1. The Hall–Kier alpha value is -0.370. The van der Waals surface area contributed by atoms with Gasteiger partial charge in [0.1, 0.15) is 6.29 Å². The second-order valence-electron chi connectivity index (χ2n) is 4.01. The van der Waals surface area contributed by atoms with Crippen molar-refractivity contribution in [1.29, 1.82) is 0 Å². The SMILES string of the molecule is CCCCC1CCCCNC1C=O. The summed E-state index contributed by atoms with van der Waals surface area (Å²) >= 11 is 0.